The summed E-state index contributed by atoms with van der Waals surface area (Å²) in [4.78, 5) is 11.3. The largest absolute Gasteiger partial charge is 0.398 e. The van der Waals surface area contributed by atoms with E-state index in [4.69, 9.17) is 10.9 Å². The lowest BCUT2D eigenvalue weighted by Gasteiger charge is -2.08. The van der Waals surface area contributed by atoms with E-state index in [2.05, 4.69) is 15.0 Å². The van der Waals surface area contributed by atoms with Crippen LogP contribution >= 0.6 is 0 Å². The van der Waals surface area contributed by atoms with Crippen molar-refractivity contribution in [2.75, 3.05) is 5.73 Å². The Kier molecular flexibility index (Phi) is 2.74. The highest BCUT2D eigenvalue weighted by Crippen LogP contribution is 2.27. The predicted molar refractivity (Wildman–Crippen MR) is 61.0 cm³/mol. The maximum Gasteiger partial charge on any atom is 0.242 e. The number of sulfonamides is 1. The quantitative estimate of drug-likeness (QED) is 0.759. The molecule has 17 heavy (non-hydrogen) atoms. The van der Waals surface area contributed by atoms with Crippen molar-refractivity contribution in [3.8, 4) is 11.3 Å². The smallest absolute Gasteiger partial charge is 0.242 e. The van der Waals surface area contributed by atoms with Gasteiger partial charge in [0, 0.05) is 24.2 Å². The fraction of sp³-hybridized carbons (Fsp3) is 0. The van der Waals surface area contributed by atoms with Crippen LogP contribution in [0.4, 0.5) is 5.69 Å². The molecule has 0 aliphatic carbocycles. The van der Waals surface area contributed by atoms with Gasteiger partial charge >= 0.3 is 0 Å². The van der Waals surface area contributed by atoms with Crippen LogP contribution in [-0.4, -0.2) is 23.4 Å². The standard InChI is InChI=1S/C9H9N5O2S/c10-7-1-2-14-8(9(7)17(11,15)16)6-3-12-5-13-4-6/h1-5H,(H2,10,14)(H2,11,15,16). The van der Waals surface area contributed by atoms with Crippen LogP contribution in [0.2, 0.25) is 0 Å². The Hall–Kier alpha value is -2.06. The molecule has 7 nitrogen and oxygen atoms in total. The minimum atomic E-state index is -3.96. The molecule has 0 aromatic carbocycles. The molecule has 2 heterocycles. The number of rotatable bonds is 2. The molecule has 88 valence electrons. The van der Waals surface area contributed by atoms with Crippen LogP contribution in [-0.2, 0) is 10.0 Å². The molecular weight excluding hydrogens is 242 g/mol. The molecule has 2 aromatic rings. The number of nitrogens with two attached hydrogens (primary N) is 2. The molecule has 0 atom stereocenters. The highest BCUT2D eigenvalue weighted by molar-refractivity contribution is 7.89. The lowest BCUT2D eigenvalue weighted by molar-refractivity contribution is 0.598. The van der Waals surface area contributed by atoms with Gasteiger partial charge in [-0.25, -0.2) is 23.5 Å². The summed E-state index contributed by atoms with van der Waals surface area (Å²) in [6, 6.07) is 1.37. The monoisotopic (exact) mass is 251 g/mol. The first-order valence-electron chi connectivity index (χ1n) is 4.53. The van der Waals surface area contributed by atoms with Gasteiger partial charge in [0.2, 0.25) is 10.0 Å². The molecule has 0 fully saturated rings. The maximum absolute atomic E-state index is 11.5. The third kappa shape index (κ3) is 2.22. The van der Waals surface area contributed by atoms with Crippen molar-refractivity contribution >= 4 is 15.7 Å². The van der Waals surface area contributed by atoms with Crippen LogP contribution in [0, 0.1) is 0 Å². The van der Waals surface area contributed by atoms with Gasteiger partial charge in [0.25, 0.3) is 0 Å². The van der Waals surface area contributed by atoms with Gasteiger partial charge < -0.3 is 5.73 Å². The van der Waals surface area contributed by atoms with Crippen molar-refractivity contribution in [1.82, 2.24) is 15.0 Å². The summed E-state index contributed by atoms with van der Waals surface area (Å²) in [5, 5.41) is 5.11. The molecular formula is C9H9N5O2S. The van der Waals surface area contributed by atoms with Gasteiger partial charge in [-0.2, -0.15) is 0 Å². The summed E-state index contributed by atoms with van der Waals surface area (Å²) in [5.74, 6) is 0. The SMILES string of the molecule is Nc1ccnc(-c2cncnc2)c1S(N)(=O)=O. The van der Waals surface area contributed by atoms with Crippen LogP contribution < -0.4 is 10.9 Å². The average molecular weight is 251 g/mol. The van der Waals surface area contributed by atoms with Gasteiger partial charge in [0.15, 0.2) is 0 Å². The second-order valence-electron chi connectivity index (χ2n) is 3.25. The summed E-state index contributed by atoms with van der Waals surface area (Å²) in [6.07, 6.45) is 5.59. The number of pyridine rings is 1. The van der Waals surface area contributed by atoms with Gasteiger partial charge in [0.1, 0.15) is 11.2 Å². The zero-order valence-corrected chi connectivity index (χ0v) is 9.42. The molecule has 4 N–H and O–H groups in total. The molecule has 0 spiro atoms. The second-order valence-corrected chi connectivity index (χ2v) is 4.75. The number of aromatic nitrogens is 3. The first-order valence-corrected chi connectivity index (χ1v) is 6.07. The van der Waals surface area contributed by atoms with Gasteiger partial charge in [0.05, 0.1) is 11.4 Å². The molecule has 0 bridgehead atoms. The van der Waals surface area contributed by atoms with Gasteiger partial charge in [-0.3, -0.25) is 4.98 Å². The Labute approximate surface area is 97.6 Å². The first kappa shape index (κ1) is 11.4. The molecule has 8 heteroatoms. The van der Waals surface area contributed by atoms with E-state index in [1.54, 1.807) is 0 Å². The first-order chi connectivity index (χ1) is 8.00. The summed E-state index contributed by atoms with van der Waals surface area (Å²) in [6.45, 7) is 0. The van der Waals surface area contributed by atoms with Gasteiger partial charge in [-0.15, -0.1) is 0 Å². The van der Waals surface area contributed by atoms with E-state index in [0.29, 0.717) is 5.56 Å². The zero-order chi connectivity index (χ0) is 12.5. The molecule has 2 rings (SSSR count). The second kappa shape index (κ2) is 4.07. The average Bonchev–Trinajstić information content (AvgIpc) is 2.28. The Morgan fingerprint density at radius 3 is 2.41 bits per heavy atom. The third-order valence-electron chi connectivity index (χ3n) is 2.05. The number of nitrogen functional groups attached to an aromatic ring is 1. The van der Waals surface area contributed by atoms with Crippen LogP contribution in [0.25, 0.3) is 11.3 Å². The molecule has 0 amide bonds. The van der Waals surface area contributed by atoms with Gasteiger partial charge in [-0.05, 0) is 6.07 Å². The van der Waals surface area contributed by atoms with E-state index < -0.39 is 10.0 Å². The Balaban J connectivity index is 2.76. The summed E-state index contributed by atoms with van der Waals surface area (Å²) in [5.41, 5.74) is 6.23. The lowest BCUT2D eigenvalue weighted by Crippen LogP contribution is -2.16. The van der Waals surface area contributed by atoms with Crippen molar-refractivity contribution in [1.29, 1.82) is 0 Å². The predicted octanol–water partition coefficient (Wildman–Crippen LogP) is -0.232. The number of nitrogens with zero attached hydrogens (tertiary/aromatic N) is 3. The summed E-state index contributed by atoms with van der Waals surface area (Å²) < 4.78 is 22.9. The fourth-order valence-corrected chi connectivity index (χ4v) is 2.23. The zero-order valence-electron chi connectivity index (χ0n) is 8.61. The molecule has 0 saturated carbocycles. The number of hydrogen-bond acceptors (Lipinski definition) is 6. The highest BCUT2D eigenvalue weighted by atomic mass is 32.2. The normalized spacial score (nSPS) is 11.4. The van der Waals surface area contributed by atoms with E-state index in [1.165, 1.54) is 31.0 Å². The maximum atomic E-state index is 11.5. The lowest BCUT2D eigenvalue weighted by atomic mass is 10.2. The number of anilines is 1. The summed E-state index contributed by atoms with van der Waals surface area (Å²) in [7, 11) is -3.96. The molecule has 0 aliphatic rings. The molecule has 0 saturated heterocycles. The van der Waals surface area contributed by atoms with Crippen LogP contribution in [0.15, 0.2) is 35.9 Å². The molecule has 0 radical (unpaired) electrons. The van der Waals surface area contributed by atoms with E-state index in [-0.39, 0.29) is 16.3 Å². The van der Waals surface area contributed by atoms with Crippen molar-refractivity contribution in [3.05, 3.63) is 31.0 Å². The molecule has 2 aromatic heterocycles. The number of primary sulfonamides is 1. The van der Waals surface area contributed by atoms with E-state index >= 15 is 0 Å². The van der Waals surface area contributed by atoms with Crippen molar-refractivity contribution in [2.24, 2.45) is 5.14 Å². The Morgan fingerprint density at radius 1 is 1.18 bits per heavy atom. The van der Waals surface area contributed by atoms with Crippen LogP contribution in [0.1, 0.15) is 0 Å². The minimum Gasteiger partial charge on any atom is -0.398 e. The topological polar surface area (TPSA) is 125 Å². The van der Waals surface area contributed by atoms with Crippen LogP contribution in [0.5, 0.6) is 0 Å². The van der Waals surface area contributed by atoms with Crippen molar-refractivity contribution < 1.29 is 8.42 Å². The molecule has 0 unspecified atom stereocenters. The highest BCUT2D eigenvalue weighted by Gasteiger charge is 2.20. The van der Waals surface area contributed by atoms with Crippen molar-refractivity contribution in [3.63, 3.8) is 0 Å². The number of hydrogen-bond donors (Lipinski definition) is 2. The minimum absolute atomic E-state index is 0.0429. The van der Waals surface area contributed by atoms with E-state index in [0.717, 1.165) is 0 Å². The van der Waals surface area contributed by atoms with Crippen molar-refractivity contribution in [2.45, 2.75) is 4.90 Å². The van der Waals surface area contributed by atoms with Crippen LogP contribution in [0.3, 0.4) is 0 Å². The fourth-order valence-electron chi connectivity index (χ4n) is 1.39. The Bertz CT molecular complexity index is 642. The molecule has 0 aliphatic heterocycles. The van der Waals surface area contributed by atoms with Gasteiger partial charge in [-0.1, -0.05) is 0 Å². The summed E-state index contributed by atoms with van der Waals surface area (Å²) >= 11 is 0. The van der Waals surface area contributed by atoms with E-state index in [9.17, 15) is 8.42 Å². The Morgan fingerprint density at radius 2 is 1.82 bits per heavy atom. The third-order valence-corrected chi connectivity index (χ3v) is 3.05. The van der Waals surface area contributed by atoms with E-state index in [1.807, 2.05) is 0 Å².